The minimum Gasteiger partial charge on any atom is -0.497 e. The molecule has 0 aliphatic heterocycles. The van der Waals surface area contributed by atoms with Crippen LogP contribution in [-0.2, 0) is 15.8 Å². The maximum atomic E-state index is 13.7. The minimum atomic E-state index is -3.94. The van der Waals surface area contributed by atoms with Crippen molar-refractivity contribution in [3.05, 3.63) is 84.9 Å². The van der Waals surface area contributed by atoms with Gasteiger partial charge < -0.3 is 18.0 Å². The van der Waals surface area contributed by atoms with Crippen LogP contribution in [-0.4, -0.2) is 28.5 Å². The average molecular weight is 472 g/mol. The van der Waals surface area contributed by atoms with Gasteiger partial charge in [0.05, 0.1) is 13.2 Å². The lowest BCUT2D eigenvalue weighted by Crippen LogP contribution is -2.32. The number of nitrogens with zero attached hydrogens (tertiary/aromatic N) is 2. The number of hydrogen-bond donors (Lipinski definition) is 0. The van der Waals surface area contributed by atoms with Gasteiger partial charge in [-0.25, -0.2) is 4.57 Å². The maximum absolute atomic E-state index is 13.7. The zero-order valence-electron chi connectivity index (χ0n) is 17.2. The summed E-state index contributed by atoms with van der Waals surface area (Å²) in [5, 5.41) is 9.23. The van der Waals surface area contributed by atoms with Crippen LogP contribution in [0.1, 0.15) is 0 Å². The first-order valence-electron chi connectivity index (χ1n) is 9.46. The van der Waals surface area contributed by atoms with E-state index in [9.17, 15) is 14.0 Å². The van der Waals surface area contributed by atoms with E-state index < -0.39 is 25.1 Å². The van der Waals surface area contributed by atoms with E-state index in [1.54, 1.807) is 84.9 Å². The maximum Gasteiger partial charge on any atom is 0.445 e. The summed E-state index contributed by atoms with van der Waals surface area (Å²) in [6, 6.07) is 25.3. The number of nitriles is 1. The highest BCUT2D eigenvalue weighted by atomic mass is 32.2. The zero-order chi connectivity index (χ0) is 22.8. The van der Waals surface area contributed by atoms with Crippen molar-refractivity contribution in [1.82, 2.24) is 4.31 Å². The van der Waals surface area contributed by atoms with Gasteiger partial charge in [-0.15, -0.1) is 0 Å². The molecule has 0 aliphatic carbocycles. The highest BCUT2D eigenvalue weighted by Crippen LogP contribution is 2.49. The van der Waals surface area contributed by atoms with Crippen molar-refractivity contribution in [3.63, 3.8) is 0 Å². The van der Waals surface area contributed by atoms with E-state index in [2.05, 4.69) is 0 Å². The standard InChI is InChI=1S/C22H21N2O6PS/c1-27-19-12-14-22(15-13-19)30-32(26)24(17-16-23)18-31(25,28-20-8-4-2-5-9-20)29-21-10-6-3-7-11-21/h2-15H,17-18H2,1H3. The van der Waals surface area contributed by atoms with Crippen molar-refractivity contribution in [2.45, 2.75) is 0 Å². The molecule has 0 fully saturated rings. The van der Waals surface area contributed by atoms with Crippen LogP contribution in [0.5, 0.6) is 23.0 Å². The number of hydrogen-bond acceptors (Lipinski definition) is 7. The van der Waals surface area contributed by atoms with Crippen LogP contribution in [0.15, 0.2) is 84.9 Å². The number of para-hydroxylation sites is 2. The van der Waals surface area contributed by atoms with E-state index in [-0.39, 0.29) is 12.3 Å². The fraction of sp³-hybridized carbons (Fsp3) is 0.136. The third kappa shape index (κ3) is 6.86. The Balaban J connectivity index is 1.81. The first-order valence-corrected chi connectivity index (χ1v) is 12.2. The predicted octanol–water partition coefficient (Wildman–Crippen LogP) is 4.79. The van der Waals surface area contributed by atoms with E-state index >= 15 is 0 Å². The molecule has 0 heterocycles. The van der Waals surface area contributed by atoms with Gasteiger partial charge in [0.15, 0.2) is 0 Å². The summed E-state index contributed by atoms with van der Waals surface area (Å²) in [5.74, 6) is 1.51. The molecule has 0 amide bonds. The predicted molar refractivity (Wildman–Crippen MR) is 121 cm³/mol. The van der Waals surface area contributed by atoms with Gasteiger partial charge in [-0.1, -0.05) is 36.4 Å². The third-order valence-electron chi connectivity index (χ3n) is 3.99. The molecule has 0 radical (unpaired) electrons. The molecular formula is C22H21N2O6PS. The molecule has 8 nitrogen and oxygen atoms in total. The van der Waals surface area contributed by atoms with E-state index in [4.69, 9.17) is 18.0 Å². The Morgan fingerprint density at radius 1 is 0.844 bits per heavy atom. The molecule has 0 aromatic heterocycles. The van der Waals surface area contributed by atoms with Gasteiger partial charge in [-0.2, -0.15) is 13.8 Å². The summed E-state index contributed by atoms with van der Waals surface area (Å²) in [7, 11) is -2.41. The first kappa shape index (κ1) is 23.4. The Morgan fingerprint density at radius 3 is 1.81 bits per heavy atom. The Labute approximate surface area is 189 Å². The zero-order valence-corrected chi connectivity index (χ0v) is 18.9. The quantitative estimate of drug-likeness (QED) is 0.292. The molecule has 0 N–H and O–H groups in total. The molecule has 3 aromatic rings. The van der Waals surface area contributed by atoms with Crippen LogP contribution in [0, 0.1) is 11.3 Å². The molecule has 1 atom stereocenters. The number of methoxy groups -OCH3 is 1. The Morgan fingerprint density at radius 2 is 1.34 bits per heavy atom. The minimum absolute atomic E-state index is 0.287. The lowest BCUT2D eigenvalue weighted by Gasteiger charge is -2.24. The molecule has 0 saturated carbocycles. The van der Waals surface area contributed by atoms with Gasteiger partial charge in [-0.3, -0.25) is 0 Å². The van der Waals surface area contributed by atoms with Crippen molar-refractivity contribution in [1.29, 1.82) is 5.26 Å². The second-order valence-electron chi connectivity index (χ2n) is 6.34. The van der Waals surface area contributed by atoms with Crippen LogP contribution in [0.2, 0.25) is 0 Å². The van der Waals surface area contributed by atoms with Gasteiger partial charge in [0.2, 0.25) is 0 Å². The topological polar surface area (TPSA) is 98.1 Å². The molecule has 3 aromatic carbocycles. The summed E-state index contributed by atoms with van der Waals surface area (Å²) < 4.78 is 49.5. The van der Waals surface area contributed by atoms with E-state index in [0.717, 1.165) is 4.31 Å². The molecule has 0 saturated heterocycles. The lowest BCUT2D eigenvalue weighted by molar-refractivity contribution is 0.360. The molecule has 1 unspecified atom stereocenters. The molecule has 10 heteroatoms. The van der Waals surface area contributed by atoms with Gasteiger partial charge in [-0.05, 0) is 48.5 Å². The summed E-state index contributed by atoms with van der Waals surface area (Å²) in [4.78, 5) is 0. The first-order chi connectivity index (χ1) is 15.5. The van der Waals surface area contributed by atoms with Crippen molar-refractivity contribution in [2.24, 2.45) is 0 Å². The molecule has 166 valence electrons. The smallest absolute Gasteiger partial charge is 0.445 e. The molecule has 0 bridgehead atoms. The van der Waals surface area contributed by atoms with Gasteiger partial charge in [0.25, 0.3) is 11.3 Å². The van der Waals surface area contributed by atoms with Crippen LogP contribution in [0.25, 0.3) is 0 Å². The Kier molecular flexibility index (Phi) is 8.28. The second-order valence-corrected chi connectivity index (χ2v) is 9.32. The van der Waals surface area contributed by atoms with Crippen molar-refractivity contribution in [2.75, 3.05) is 19.9 Å². The van der Waals surface area contributed by atoms with E-state index in [1.807, 2.05) is 6.07 Å². The third-order valence-corrected chi connectivity index (χ3v) is 6.86. The molecule has 0 spiro atoms. The Bertz CT molecular complexity index is 1060. The number of rotatable bonds is 11. The summed E-state index contributed by atoms with van der Waals surface area (Å²) >= 11 is -2.14. The van der Waals surface area contributed by atoms with Gasteiger partial charge in [0.1, 0.15) is 35.8 Å². The number of ether oxygens (including phenoxy) is 1. The second kappa shape index (κ2) is 11.3. The largest absolute Gasteiger partial charge is 0.497 e. The van der Waals surface area contributed by atoms with Crippen LogP contribution < -0.4 is 18.0 Å². The fourth-order valence-corrected chi connectivity index (χ4v) is 5.42. The highest BCUT2D eigenvalue weighted by Gasteiger charge is 2.34. The normalized spacial score (nSPS) is 11.9. The van der Waals surface area contributed by atoms with E-state index in [0.29, 0.717) is 17.2 Å². The molecule has 3 rings (SSSR count). The molecule has 0 aliphatic rings. The van der Waals surface area contributed by atoms with Gasteiger partial charge >= 0.3 is 7.60 Å². The summed E-state index contributed by atoms with van der Waals surface area (Å²) in [6.07, 6.45) is -0.451. The van der Waals surface area contributed by atoms with Gasteiger partial charge in [0, 0.05) is 0 Å². The SMILES string of the molecule is COc1ccc(OS(=O)N(CC#N)CP(=O)(Oc2ccccc2)Oc2ccccc2)cc1. The Hall–Kier alpha value is -3.31. The van der Waals surface area contributed by atoms with E-state index in [1.165, 1.54) is 7.11 Å². The highest BCUT2D eigenvalue weighted by molar-refractivity contribution is 7.78. The summed E-state index contributed by atoms with van der Waals surface area (Å²) in [5.41, 5.74) is 0. The van der Waals surface area contributed by atoms with Crippen molar-refractivity contribution in [3.8, 4) is 29.1 Å². The lowest BCUT2D eigenvalue weighted by atomic mass is 10.3. The van der Waals surface area contributed by atoms with Crippen molar-refractivity contribution < 1.29 is 26.7 Å². The van der Waals surface area contributed by atoms with Crippen molar-refractivity contribution >= 4 is 18.9 Å². The molecule has 32 heavy (non-hydrogen) atoms. The monoisotopic (exact) mass is 472 g/mol. The molecular weight excluding hydrogens is 451 g/mol. The van der Waals surface area contributed by atoms with Crippen LogP contribution >= 0.6 is 7.60 Å². The summed E-state index contributed by atoms with van der Waals surface area (Å²) in [6.45, 7) is -0.330. The van der Waals surface area contributed by atoms with Crippen LogP contribution in [0.3, 0.4) is 0 Å². The average Bonchev–Trinajstić information content (AvgIpc) is 2.80. The number of benzene rings is 3. The fourth-order valence-electron chi connectivity index (χ4n) is 2.55. The van der Waals surface area contributed by atoms with Crippen LogP contribution in [0.4, 0.5) is 0 Å².